The predicted molar refractivity (Wildman–Crippen MR) is 68.4 cm³/mol. The van der Waals surface area contributed by atoms with Crippen LogP contribution in [0, 0.1) is 12.7 Å². The van der Waals surface area contributed by atoms with E-state index < -0.39 is 0 Å². The molecule has 0 fully saturated rings. The van der Waals surface area contributed by atoms with Crippen LogP contribution in [0.3, 0.4) is 0 Å². The molecule has 0 amide bonds. The smallest absolute Gasteiger partial charge is 0.131 e. The lowest BCUT2D eigenvalue weighted by molar-refractivity contribution is 0.631. The molecule has 1 nitrogen and oxygen atoms in total. The van der Waals surface area contributed by atoms with Crippen LogP contribution in [-0.4, -0.2) is 4.98 Å². The second kappa shape index (κ2) is 3.74. The van der Waals surface area contributed by atoms with Gasteiger partial charge in [0.25, 0.3) is 0 Å². The van der Waals surface area contributed by atoms with Gasteiger partial charge in [-0.15, -0.1) is 0 Å². The highest BCUT2D eigenvalue weighted by Crippen LogP contribution is 2.27. The second-order valence-electron chi connectivity index (χ2n) is 4.21. The highest BCUT2D eigenvalue weighted by atomic mass is 19.1. The molecule has 84 valence electrons. The SMILES string of the molecule is Cc1c[nH]c2cc(-c3ccccc3F)ccc12. The van der Waals surface area contributed by atoms with E-state index in [1.807, 2.05) is 30.5 Å². The summed E-state index contributed by atoms with van der Waals surface area (Å²) >= 11 is 0. The molecule has 1 N–H and O–H groups in total. The first kappa shape index (κ1) is 10.1. The molecular formula is C15H12FN. The van der Waals surface area contributed by atoms with E-state index in [0.29, 0.717) is 5.56 Å². The third-order valence-corrected chi connectivity index (χ3v) is 3.07. The van der Waals surface area contributed by atoms with Gasteiger partial charge in [-0.1, -0.05) is 30.3 Å². The number of hydrogen-bond acceptors (Lipinski definition) is 0. The van der Waals surface area contributed by atoms with Crippen LogP contribution in [0.15, 0.2) is 48.7 Å². The van der Waals surface area contributed by atoms with E-state index in [-0.39, 0.29) is 5.82 Å². The summed E-state index contributed by atoms with van der Waals surface area (Å²) in [6.07, 6.45) is 1.97. The molecule has 2 aromatic carbocycles. The summed E-state index contributed by atoms with van der Waals surface area (Å²) in [5.41, 5.74) is 3.79. The largest absolute Gasteiger partial charge is 0.361 e. The predicted octanol–water partition coefficient (Wildman–Crippen LogP) is 4.28. The zero-order chi connectivity index (χ0) is 11.8. The van der Waals surface area contributed by atoms with Gasteiger partial charge in [-0.2, -0.15) is 0 Å². The van der Waals surface area contributed by atoms with Crippen molar-refractivity contribution in [3.8, 4) is 11.1 Å². The summed E-state index contributed by atoms with van der Waals surface area (Å²) in [6.45, 7) is 2.06. The van der Waals surface area contributed by atoms with E-state index in [4.69, 9.17) is 0 Å². The number of hydrogen-bond donors (Lipinski definition) is 1. The Labute approximate surface area is 98.9 Å². The number of benzene rings is 2. The second-order valence-corrected chi connectivity index (χ2v) is 4.21. The first-order chi connectivity index (χ1) is 8.25. The van der Waals surface area contributed by atoms with Crippen molar-refractivity contribution in [2.24, 2.45) is 0 Å². The van der Waals surface area contributed by atoms with Crippen molar-refractivity contribution in [3.05, 3.63) is 60.0 Å². The summed E-state index contributed by atoms with van der Waals surface area (Å²) < 4.78 is 13.7. The fourth-order valence-corrected chi connectivity index (χ4v) is 2.13. The highest BCUT2D eigenvalue weighted by molar-refractivity contribution is 5.87. The molecule has 0 aliphatic heterocycles. The van der Waals surface area contributed by atoms with Gasteiger partial charge in [-0.05, 0) is 30.2 Å². The van der Waals surface area contributed by atoms with Crippen LogP contribution in [0.5, 0.6) is 0 Å². The Morgan fingerprint density at radius 1 is 1.06 bits per heavy atom. The van der Waals surface area contributed by atoms with E-state index >= 15 is 0 Å². The Morgan fingerprint density at radius 2 is 1.88 bits per heavy atom. The summed E-state index contributed by atoms with van der Waals surface area (Å²) in [6, 6.07) is 12.8. The molecule has 0 bridgehead atoms. The Bertz CT molecular complexity index is 682. The average molecular weight is 225 g/mol. The van der Waals surface area contributed by atoms with Crippen LogP contribution in [0.1, 0.15) is 5.56 Å². The molecular weight excluding hydrogens is 213 g/mol. The molecule has 0 aliphatic carbocycles. The molecule has 0 atom stereocenters. The zero-order valence-corrected chi connectivity index (χ0v) is 9.50. The van der Waals surface area contributed by atoms with Crippen LogP contribution >= 0.6 is 0 Å². The molecule has 1 heterocycles. The van der Waals surface area contributed by atoms with Crippen LogP contribution in [0.25, 0.3) is 22.0 Å². The van der Waals surface area contributed by atoms with Gasteiger partial charge in [0.15, 0.2) is 0 Å². The van der Waals surface area contributed by atoms with Crippen molar-refractivity contribution in [2.45, 2.75) is 6.92 Å². The summed E-state index contributed by atoms with van der Waals surface area (Å²) in [5, 5.41) is 1.19. The number of aromatic nitrogens is 1. The molecule has 17 heavy (non-hydrogen) atoms. The molecule has 1 aromatic heterocycles. The lowest BCUT2D eigenvalue weighted by Crippen LogP contribution is -1.83. The number of rotatable bonds is 1. The van der Waals surface area contributed by atoms with Gasteiger partial charge in [0.2, 0.25) is 0 Å². The lowest BCUT2D eigenvalue weighted by Gasteiger charge is -2.03. The first-order valence-electron chi connectivity index (χ1n) is 5.58. The third-order valence-electron chi connectivity index (χ3n) is 3.07. The maximum atomic E-state index is 13.7. The fraction of sp³-hybridized carbons (Fsp3) is 0.0667. The first-order valence-corrected chi connectivity index (χ1v) is 5.58. The van der Waals surface area contributed by atoms with Crippen molar-refractivity contribution in [1.82, 2.24) is 4.98 Å². The van der Waals surface area contributed by atoms with Gasteiger partial charge in [-0.3, -0.25) is 0 Å². The molecule has 0 unspecified atom stereocenters. The summed E-state index contributed by atoms with van der Waals surface area (Å²) in [7, 11) is 0. The molecule has 0 spiro atoms. The van der Waals surface area contributed by atoms with E-state index in [2.05, 4.69) is 11.9 Å². The highest BCUT2D eigenvalue weighted by Gasteiger charge is 2.06. The number of aryl methyl sites for hydroxylation is 1. The van der Waals surface area contributed by atoms with Gasteiger partial charge in [0, 0.05) is 22.7 Å². The van der Waals surface area contributed by atoms with E-state index in [0.717, 1.165) is 11.1 Å². The van der Waals surface area contributed by atoms with E-state index in [9.17, 15) is 4.39 Å². The van der Waals surface area contributed by atoms with Crippen molar-refractivity contribution in [2.75, 3.05) is 0 Å². The fourth-order valence-electron chi connectivity index (χ4n) is 2.13. The molecule has 3 aromatic rings. The Morgan fingerprint density at radius 3 is 2.71 bits per heavy atom. The molecule has 0 saturated heterocycles. The number of fused-ring (bicyclic) bond motifs is 1. The zero-order valence-electron chi connectivity index (χ0n) is 9.50. The van der Waals surface area contributed by atoms with Crippen LogP contribution in [0.4, 0.5) is 4.39 Å². The number of H-pyrrole nitrogens is 1. The summed E-state index contributed by atoms with van der Waals surface area (Å²) in [5.74, 6) is -0.185. The van der Waals surface area contributed by atoms with Gasteiger partial charge >= 0.3 is 0 Å². The quantitative estimate of drug-likeness (QED) is 0.636. The van der Waals surface area contributed by atoms with Crippen molar-refractivity contribution >= 4 is 10.9 Å². The summed E-state index contributed by atoms with van der Waals surface area (Å²) in [4.78, 5) is 3.20. The minimum absolute atomic E-state index is 0.185. The van der Waals surface area contributed by atoms with Crippen molar-refractivity contribution in [1.29, 1.82) is 0 Å². The van der Waals surface area contributed by atoms with Crippen molar-refractivity contribution in [3.63, 3.8) is 0 Å². The minimum atomic E-state index is -0.185. The lowest BCUT2D eigenvalue weighted by atomic mass is 10.0. The number of halogens is 1. The van der Waals surface area contributed by atoms with Gasteiger partial charge in [0.1, 0.15) is 5.82 Å². The molecule has 0 radical (unpaired) electrons. The number of nitrogens with one attached hydrogen (secondary N) is 1. The standard InChI is InChI=1S/C15H12FN/c1-10-9-17-15-8-11(6-7-12(10)15)13-4-2-3-5-14(13)16/h2-9,17H,1H3. The average Bonchev–Trinajstić information content (AvgIpc) is 2.71. The Balaban J connectivity index is 2.22. The van der Waals surface area contributed by atoms with Crippen LogP contribution < -0.4 is 0 Å². The molecule has 3 rings (SSSR count). The van der Waals surface area contributed by atoms with Crippen LogP contribution in [0.2, 0.25) is 0 Å². The van der Waals surface area contributed by atoms with Crippen molar-refractivity contribution < 1.29 is 4.39 Å². The number of aromatic amines is 1. The minimum Gasteiger partial charge on any atom is -0.361 e. The normalized spacial score (nSPS) is 10.9. The Kier molecular flexibility index (Phi) is 2.22. The van der Waals surface area contributed by atoms with Gasteiger partial charge < -0.3 is 4.98 Å². The molecule has 0 aliphatic rings. The third kappa shape index (κ3) is 1.62. The maximum absolute atomic E-state index is 13.7. The maximum Gasteiger partial charge on any atom is 0.131 e. The molecule has 2 heteroatoms. The topological polar surface area (TPSA) is 15.8 Å². The van der Waals surface area contributed by atoms with E-state index in [1.54, 1.807) is 12.1 Å². The van der Waals surface area contributed by atoms with Gasteiger partial charge in [-0.25, -0.2) is 4.39 Å². The van der Waals surface area contributed by atoms with Crippen LogP contribution in [-0.2, 0) is 0 Å². The monoisotopic (exact) mass is 225 g/mol. The Hall–Kier alpha value is -2.09. The van der Waals surface area contributed by atoms with E-state index in [1.165, 1.54) is 17.0 Å². The van der Waals surface area contributed by atoms with Gasteiger partial charge in [0.05, 0.1) is 0 Å². The molecule has 0 saturated carbocycles.